The highest BCUT2D eigenvalue weighted by Crippen LogP contribution is 2.66. The van der Waals surface area contributed by atoms with Crippen molar-refractivity contribution < 1.29 is 9.90 Å². The fourth-order valence-electron chi connectivity index (χ4n) is 7.15. The van der Waals surface area contributed by atoms with Crippen molar-refractivity contribution in [3.8, 4) is 0 Å². The van der Waals surface area contributed by atoms with Gasteiger partial charge in [0.15, 0.2) is 5.78 Å². The van der Waals surface area contributed by atoms with Gasteiger partial charge >= 0.3 is 0 Å². The van der Waals surface area contributed by atoms with Gasteiger partial charge in [0.1, 0.15) is 0 Å². The number of hydrogen-bond acceptors (Lipinski definition) is 2. The fraction of sp³-hybridized carbons (Fsp3) is 0.762. The van der Waals surface area contributed by atoms with Crippen LogP contribution in [0.15, 0.2) is 21.8 Å². The van der Waals surface area contributed by atoms with E-state index in [2.05, 4.69) is 35.6 Å². The first-order valence-corrected chi connectivity index (χ1v) is 11.0. The summed E-state index contributed by atoms with van der Waals surface area (Å²) in [6, 6.07) is 0. The molecule has 132 valence electrons. The number of allylic oxidation sites excluding steroid dienone is 1. The van der Waals surface area contributed by atoms with E-state index < -0.39 is 5.60 Å². The number of fused-ring (bicyclic) bond motifs is 5. The maximum absolute atomic E-state index is 11.8. The minimum absolute atomic E-state index is 0.0849. The van der Waals surface area contributed by atoms with Gasteiger partial charge in [-0.3, -0.25) is 4.79 Å². The summed E-state index contributed by atoms with van der Waals surface area (Å²) in [4.78, 5) is 11.8. The molecule has 0 aromatic heterocycles. The van der Waals surface area contributed by atoms with Gasteiger partial charge in [0.25, 0.3) is 0 Å². The largest absolute Gasteiger partial charge is 0.385 e. The molecule has 0 saturated heterocycles. The Balaban J connectivity index is 1.66. The van der Waals surface area contributed by atoms with E-state index in [0.29, 0.717) is 17.6 Å². The molecule has 6 atom stereocenters. The number of rotatable bonds is 2. The molecule has 3 heteroatoms. The van der Waals surface area contributed by atoms with Crippen molar-refractivity contribution in [3.05, 3.63) is 21.8 Å². The molecule has 0 aromatic carbocycles. The van der Waals surface area contributed by atoms with E-state index in [1.807, 2.05) is 10.2 Å². The summed E-state index contributed by atoms with van der Waals surface area (Å²) in [7, 11) is 0. The van der Waals surface area contributed by atoms with Crippen LogP contribution >= 0.6 is 22.6 Å². The maximum atomic E-state index is 11.8. The van der Waals surface area contributed by atoms with Gasteiger partial charge in [-0.1, -0.05) is 35.1 Å². The molecule has 0 spiro atoms. The SMILES string of the molecule is CC[C@]12CC[C@H]3[C@@H](CCC4=CC(=O)CC[C@@H]43)[C@@H]1CC[C@@]2(O)/C=C\I. The first-order valence-electron chi connectivity index (χ1n) is 9.78. The Bertz CT molecular complexity index is 595. The molecular weight excluding hydrogens is 411 g/mol. The second-order valence-electron chi connectivity index (χ2n) is 8.61. The molecule has 0 bridgehead atoms. The number of carbonyl (C=O) groups excluding carboxylic acids is 1. The highest BCUT2D eigenvalue weighted by atomic mass is 127. The van der Waals surface area contributed by atoms with E-state index in [-0.39, 0.29) is 5.41 Å². The zero-order chi connectivity index (χ0) is 16.9. The molecule has 0 heterocycles. The normalized spacial score (nSPS) is 48.0. The third-order valence-electron chi connectivity index (χ3n) is 8.18. The van der Waals surface area contributed by atoms with Gasteiger partial charge in [0.2, 0.25) is 0 Å². The van der Waals surface area contributed by atoms with E-state index in [4.69, 9.17) is 0 Å². The molecule has 0 radical (unpaired) electrons. The van der Waals surface area contributed by atoms with Gasteiger partial charge in [0.05, 0.1) is 5.60 Å². The number of carbonyl (C=O) groups is 1. The lowest BCUT2D eigenvalue weighted by Crippen LogP contribution is -2.53. The van der Waals surface area contributed by atoms with Crippen molar-refractivity contribution in [1.29, 1.82) is 0 Å². The molecule has 0 unspecified atom stereocenters. The molecule has 0 amide bonds. The zero-order valence-corrected chi connectivity index (χ0v) is 16.8. The monoisotopic (exact) mass is 440 g/mol. The summed E-state index contributed by atoms with van der Waals surface area (Å²) < 4.78 is 2.03. The fourth-order valence-corrected chi connectivity index (χ4v) is 7.74. The summed E-state index contributed by atoms with van der Waals surface area (Å²) in [5.41, 5.74) is 0.940. The van der Waals surface area contributed by atoms with Gasteiger partial charge in [-0.15, -0.1) is 0 Å². The van der Waals surface area contributed by atoms with E-state index in [9.17, 15) is 9.90 Å². The minimum atomic E-state index is -0.600. The highest BCUT2D eigenvalue weighted by Gasteiger charge is 2.62. The minimum Gasteiger partial charge on any atom is -0.385 e. The summed E-state index contributed by atoms with van der Waals surface area (Å²) in [5.74, 6) is 3.18. The summed E-state index contributed by atoms with van der Waals surface area (Å²) in [6.07, 6.45) is 13.8. The van der Waals surface area contributed by atoms with E-state index >= 15 is 0 Å². The van der Waals surface area contributed by atoms with Crippen molar-refractivity contribution in [2.75, 3.05) is 0 Å². The summed E-state index contributed by atoms with van der Waals surface area (Å²) in [6.45, 7) is 2.29. The van der Waals surface area contributed by atoms with Crippen LogP contribution in [0.1, 0.15) is 64.7 Å². The molecule has 3 saturated carbocycles. The van der Waals surface area contributed by atoms with Crippen LogP contribution in [0.5, 0.6) is 0 Å². The van der Waals surface area contributed by atoms with Crippen LogP contribution in [0.2, 0.25) is 0 Å². The molecule has 0 aliphatic heterocycles. The summed E-state index contributed by atoms with van der Waals surface area (Å²) in [5, 5.41) is 11.4. The topological polar surface area (TPSA) is 37.3 Å². The molecule has 4 aliphatic rings. The van der Waals surface area contributed by atoms with Crippen LogP contribution in [0, 0.1) is 29.1 Å². The van der Waals surface area contributed by atoms with E-state index in [1.165, 1.54) is 24.8 Å². The maximum Gasteiger partial charge on any atom is 0.155 e. The van der Waals surface area contributed by atoms with Crippen molar-refractivity contribution in [2.45, 2.75) is 70.3 Å². The predicted molar refractivity (Wildman–Crippen MR) is 105 cm³/mol. The van der Waals surface area contributed by atoms with Crippen LogP contribution < -0.4 is 0 Å². The Morgan fingerprint density at radius 1 is 1.21 bits per heavy atom. The molecule has 4 aliphatic carbocycles. The molecule has 0 aromatic rings. The van der Waals surface area contributed by atoms with Crippen LogP contribution in [0.25, 0.3) is 0 Å². The standard InChI is InChI=1S/C21H29IO2/c1-2-20-9-7-17-16-6-4-15(23)13-14(16)3-5-18(17)19(20)8-10-21(20,24)11-12-22/h11-13,16-19,24H,2-10H2,1H3/b12-11-/t16-,17+,18+,19-,20-,21+/m0/s1. The molecule has 24 heavy (non-hydrogen) atoms. The van der Waals surface area contributed by atoms with Crippen LogP contribution in [0.4, 0.5) is 0 Å². The van der Waals surface area contributed by atoms with Crippen LogP contribution in [0.3, 0.4) is 0 Å². The Labute approximate surface area is 159 Å². The Morgan fingerprint density at radius 2 is 2.04 bits per heavy atom. The number of ketones is 1. The van der Waals surface area contributed by atoms with Gasteiger partial charge in [-0.05, 0) is 91.3 Å². The van der Waals surface area contributed by atoms with E-state index in [0.717, 1.165) is 50.4 Å². The van der Waals surface area contributed by atoms with Gasteiger partial charge < -0.3 is 5.11 Å². The lowest BCUT2D eigenvalue weighted by Gasteiger charge is -2.56. The third kappa shape index (κ3) is 2.33. The zero-order valence-electron chi connectivity index (χ0n) is 14.6. The Hall–Kier alpha value is -0.160. The number of hydrogen-bond donors (Lipinski definition) is 1. The first kappa shape index (κ1) is 17.3. The molecule has 1 N–H and O–H groups in total. The molecule has 4 rings (SSSR count). The molecule has 3 fully saturated rings. The van der Waals surface area contributed by atoms with Gasteiger partial charge in [-0.25, -0.2) is 0 Å². The lowest BCUT2D eigenvalue weighted by atomic mass is 9.49. The van der Waals surface area contributed by atoms with Crippen molar-refractivity contribution >= 4 is 28.4 Å². The summed E-state index contributed by atoms with van der Waals surface area (Å²) >= 11 is 2.26. The van der Waals surface area contributed by atoms with Crippen molar-refractivity contribution in [3.63, 3.8) is 0 Å². The number of halogens is 1. The first-order chi connectivity index (χ1) is 11.5. The second kappa shape index (κ2) is 6.22. The molecular formula is C21H29IO2. The van der Waals surface area contributed by atoms with Gasteiger partial charge in [-0.2, -0.15) is 0 Å². The second-order valence-corrected chi connectivity index (χ2v) is 9.33. The Morgan fingerprint density at radius 3 is 2.79 bits per heavy atom. The van der Waals surface area contributed by atoms with Crippen molar-refractivity contribution in [1.82, 2.24) is 0 Å². The lowest BCUT2D eigenvalue weighted by molar-refractivity contribution is -0.117. The molecule has 2 nitrogen and oxygen atoms in total. The Kier molecular flexibility index (Phi) is 4.48. The van der Waals surface area contributed by atoms with Crippen LogP contribution in [-0.4, -0.2) is 16.5 Å². The van der Waals surface area contributed by atoms with Crippen LogP contribution in [-0.2, 0) is 4.79 Å². The van der Waals surface area contributed by atoms with E-state index in [1.54, 1.807) is 0 Å². The average molecular weight is 440 g/mol. The average Bonchev–Trinajstić information content (AvgIpc) is 2.88. The van der Waals surface area contributed by atoms with Gasteiger partial charge in [0, 0.05) is 11.8 Å². The third-order valence-corrected chi connectivity index (χ3v) is 8.54. The van der Waals surface area contributed by atoms with Crippen molar-refractivity contribution in [2.24, 2.45) is 29.1 Å². The number of aliphatic hydroxyl groups is 1. The highest BCUT2D eigenvalue weighted by molar-refractivity contribution is 14.1. The predicted octanol–water partition coefficient (Wildman–Crippen LogP) is 5.20. The smallest absolute Gasteiger partial charge is 0.155 e. The quantitative estimate of drug-likeness (QED) is 0.600.